The van der Waals surface area contributed by atoms with Crippen LogP contribution in [0.25, 0.3) is 12.2 Å². The van der Waals surface area contributed by atoms with E-state index in [2.05, 4.69) is 17.0 Å². The quantitative estimate of drug-likeness (QED) is 0.601. The van der Waals surface area contributed by atoms with Crippen molar-refractivity contribution in [2.24, 2.45) is 0 Å². The lowest BCUT2D eigenvalue weighted by atomic mass is 9.95. The van der Waals surface area contributed by atoms with E-state index in [1.54, 1.807) is 0 Å². The highest BCUT2D eigenvalue weighted by Gasteiger charge is 2.26. The fourth-order valence-electron chi connectivity index (χ4n) is 3.47. The number of nitrogens with zero attached hydrogens (tertiary/aromatic N) is 1. The molecule has 4 rings (SSSR count). The maximum atomic E-state index is 13.1. The molecule has 2 aromatic heterocycles. The van der Waals surface area contributed by atoms with Crippen molar-refractivity contribution in [3.8, 4) is 0 Å². The third-order valence-electron chi connectivity index (χ3n) is 4.78. The molecule has 0 unspecified atom stereocenters. The minimum atomic E-state index is 0.0485. The Balaban J connectivity index is 1.66. The molecule has 0 amide bonds. The minimum absolute atomic E-state index is 0.0485. The lowest BCUT2D eigenvalue weighted by Gasteiger charge is -2.29. The smallest absolute Gasteiger partial charge is 0.187 e. The number of aryl methyl sites for hydroxylation is 2. The number of carbonyl (C=O) groups is 1. The summed E-state index contributed by atoms with van der Waals surface area (Å²) in [4.78, 5) is 15.4. The normalized spacial score (nSPS) is 18.3. The number of rotatable bonds is 4. The van der Waals surface area contributed by atoms with Gasteiger partial charge in [-0.3, -0.25) is 9.69 Å². The number of carbonyl (C=O) groups excluding carboxylic acids is 1. The van der Waals surface area contributed by atoms with E-state index in [4.69, 9.17) is 8.83 Å². The molecule has 1 aliphatic heterocycles. The molecule has 0 radical (unpaired) electrons. The van der Waals surface area contributed by atoms with E-state index < -0.39 is 0 Å². The number of hydrogen-bond donors (Lipinski definition) is 0. The van der Waals surface area contributed by atoms with Crippen molar-refractivity contribution in [2.45, 2.75) is 20.4 Å². The van der Waals surface area contributed by atoms with Crippen LogP contribution >= 0.6 is 0 Å². The van der Waals surface area contributed by atoms with Crippen LogP contribution in [0.1, 0.15) is 28.6 Å². The fraction of sp³-hybridized carbons (Fsp3) is 0.208. The average molecular weight is 373 g/mol. The van der Waals surface area contributed by atoms with Gasteiger partial charge in [-0.1, -0.05) is 30.3 Å². The lowest BCUT2D eigenvalue weighted by molar-refractivity contribution is -0.113. The molecule has 142 valence electrons. The number of Topliss-reactive ketones (excluding diaryl/α,β-unsaturated/α-hetero) is 1. The van der Waals surface area contributed by atoms with Gasteiger partial charge in [0.25, 0.3) is 0 Å². The van der Waals surface area contributed by atoms with Crippen LogP contribution in [0, 0.1) is 13.8 Å². The average Bonchev–Trinajstić information content (AvgIpc) is 3.27. The van der Waals surface area contributed by atoms with Gasteiger partial charge < -0.3 is 8.83 Å². The van der Waals surface area contributed by atoms with Crippen LogP contribution in [0.4, 0.5) is 0 Å². The third-order valence-corrected chi connectivity index (χ3v) is 4.78. The maximum absolute atomic E-state index is 13.1. The Morgan fingerprint density at radius 2 is 1.36 bits per heavy atom. The number of hydrogen-bond acceptors (Lipinski definition) is 4. The van der Waals surface area contributed by atoms with Gasteiger partial charge in [-0.25, -0.2) is 0 Å². The number of furan rings is 2. The molecule has 4 nitrogen and oxygen atoms in total. The standard InChI is InChI=1S/C24H23NO3/c1-17-8-10-22(27-17)12-20-15-25(14-19-6-4-3-5-7-19)16-21(24(20)26)13-23-11-9-18(2)28-23/h3-13H,14-16H2,1-2H3. The highest BCUT2D eigenvalue weighted by Crippen LogP contribution is 2.24. The van der Waals surface area contributed by atoms with Crippen molar-refractivity contribution < 1.29 is 13.6 Å². The second kappa shape index (κ2) is 7.87. The van der Waals surface area contributed by atoms with Gasteiger partial charge in [0.05, 0.1) is 0 Å². The summed E-state index contributed by atoms with van der Waals surface area (Å²) in [5.41, 5.74) is 2.68. The highest BCUT2D eigenvalue weighted by molar-refractivity contribution is 6.14. The van der Waals surface area contributed by atoms with Gasteiger partial charge in [0.15, 0.2) is 5.78 Å². The number of piperidine rings is 1. The van der Waals surface area contributed by atoms with Gasteiger partial charge in [-0.15, -0.1) is 0 Å². The monoisotopic (exact) mass is 373 g/mol. The van der Waals surface area contributed by atoms with E-state index in [9.17, 15) is 4.79 Å². The largest absolute Gasteiger partial charge is 0.462 e. The molecule has 3 heterocycles. The number of benzene rings is 1. The van der Waals surface area contributed by atoms with Crippen LogP contribution in [-0.2, 0) is 11.3 Å². The minimum Gasteiger partial charge on any atom is -0.462 e. The highest BCUT2D eigenvalue weighted by atomic mass is 16.3. The van der Waals surface area contributed by atoms with Gasteiger partial charge >= 0.3 is 0 Å². The molecule has 28 heavy (non-hydrogen) atoms. The first kappa shape index (κ1) is 18.3. The number of likely N-dealkylation sites (tertiary alicyclic amines) is 1. The van der Waals surface area contributed by atoms with E-state index in [1.165, 1.54) is 5.56 Å². The first-order valence-corrected chi connectivity index (χ1v) is 9.42. The Bertz CT molecular complexity index is 975. The summed E-state index contributed by atoms with van der Waals surface area (Å²) in [7, 11) is 0. The van der Waals surface area contributed by atoms with Crippen LogP contribution in [0.5, 0.6) is 0 Å². The molecule has 0 aliphatic carbocycles. The maximum Gasteiger partial charge on any atom is 0.187 e. The molecular formula is C24H23NO3. The molecule has 0 saturated carbocycles. The van der Waals surface area contributed by atoms with Crippen LogP contribution < -0.4 is 0 Å². The second-order valence-corrected chi connectivity index (χ2v) is 7.20. The van der Waals surface area contributed by atoms with E-state index in [-0.39, 0.29) is 5.78 Å². The number of ketones is 1. The third kappa shape index (κ3) is 4.24. The van der Waals surface area contributed by atoms with Gasteiger partial charge in [0.2, 0.25) is 0 Å². The summed E-state index contributed by atoms with van der Waals surface area (Å²) in [6.07, 6.45) is 3.71. The Morgan fingerprint density at radius 1 is 0.821 bits per heavy atom. The van der Waals surface area contributed by atoms with Gasteiger partial charge in [0.1, 0.15) is 23.0 Å². The van der Waals surface area contributed by atoms with Crippen LogP contribution in [0.3, 0.4) is 0 Å². The fourth-order valence-corrected chi connectivity index (χ4v) is 3.47. The molecule has 0 atom stereocenters. The molecule has 0 bridgehead atoms. The van der Waals surface area contributed by atoms with Gasteiger partial charge in [-0.05, 0) is 55.8 Å². The predicted molar refractivity (Wildman–Crippen MR) is 110 cm³/mol. The Morgan fingerprint density at radius 3 is 1.82 bits per heavy atom. The molecular weight excluding hydrogens is 350 g/mol. The zero-order chi connectivity index (χ0) is 19.5. The molecule has 1 aliphatic rings. The summed E-state index contributed by atoms with van der Waals surface area (Å²) < 4.78 is 11.3. The van der Waals surface area contributed by atoms with Crippen molar-refractivity contribution in [2.75, 3.05) is 13.1 Å². The van der Waals surface area contributed by atoms with E-state index >= 15 is 0 Å². The summed E-state index contributed by atoms with van der Waals surface area (Å²) in [6.45, 7) is 5.75. The molecule has 0 spiro atoms. The summed E-state index contributed by atoms with van der Waals surface area (Å²) in [5.74, 6) is 3.12. The topological polar surface area (TPSA) is 46.6 Å². The molecule has 4 heteroatoms. The summed E-state index contributed by atoms with van der Waals surface area (Å²) >= 11 is 0. The Kier molecular flexibility index (Phi) is 5.13. The predicted octanol–water partition coefficient (Wildman–Crippen LogP) is 5.04. The zero-order valence-electron chi connectivity index (χ0n) is 16.1. The van der Waals surface area contributed by atoms with Crippen molar-refractivity contribution in [3.63, 3.8) is 0 Å². The molecule has 1 fully saturated rings. The Labute approximate surface area is 164 Å². The van der Waals surface area contributed by atoms with Gasteiger partial charge in [-0.2, -0.15) is 0 Å². The molecule has 1 aromatic carbocycles. The summed E-state index contributed by atoms with van der Waals surface area (Å²) in [6, 6.07) is 17.9. The molecule has 1 saturated heterocycles. The van der Waals surface area contributed by atoms with Crippen LogP contribution in [0.15, 0.2) is 74.6 Å². The van der Waals surface area contributed by atoms with E-state index in [0.29, 0.717) is 24.6 Å². The SMILES string of the molecule is Cc1ccc(C=C2CN(Cc3ccccc3)CC(=Cc3ccc(C)o3)C2=O)o1. The zero-order valence-corrected chi connectivity index (χ0v) is 16.1. The second-order valence-electron chi connectivity index (χ2n) is 7.20. The first-order valence-electron chi connectivity index (χ1n) is 9.42. The van der Waals surface area contributed by atoms with Crippen molar-refractivity contribution in [1.29, 1.82) is 0 Å². The Hall–Kier alpha value is -3.11. The van der Waals surface area contributed by atoms with Crippen LogP contribution in [0.2, 0.25) is 0 Å². The lowest BCUT2D eigenvalue weighted by Crippen LogP contribution is -2.37. The van der Waals surface area contributed by atoms with Crippen molar-refractivity contribution in [1.82, 2.24) is 4.90 Å². The van der Waals surface area contributed by atoms with Crippen molar-refractivity contribution in [3.05, 3.63) is 94.3 Å². The van der Waals surface area contributed by atoms with Crippen LogP contribution in [-0.4, -0.2) is 23.8 Å². The molecule has 0 N–H and O–H groups in total. The van der Waals surface area contributed by atoms with E-state index in [1.807, 2.05) is 68.5 Å². The van der Waals surface area contributed by atoms with Crippen molar-refractivity contribution >= 4 is 17.9 Å². The van der Waals surface area contributed by atoms with E-state index in [0.717, 1.165) is 29.2 Å². The molecule has 3 aromatic rings. The van der Waals surface area contributed by atoms with Gasteiger partial charge in [0, 0.05) is 30.8 Å². The first-order chi connectivity index (χ1) is 13.6. The summed E-state index contributed by atoms with van der Waals surface area (Å²) in [5, 5.41) is 0.